The van der Waals surface area contributed by atoms with Crippen LogP contribution >= 0.6 is 0 Å². The van der Waals surface area contributed by atoms with Gasteiger partial charge in [-0.15, -0.1) is 0 Å². The van der Waals surface area contributed by atoms with Gasteiger partial charge in [-0.1, -0.05) is 86.0 Å². The van der Waals surface area contributed by atoms with E-state index in [9.17, 15) is 4.79 Å². The van der Waals surface area contributed by atoms with Crippen LogP contribution in [0.1, 0.15) is 17.5 Å². The second-order valence-electron chi connectivity index (χ2n) is 8.31. The minimum absolute atomic E-state index is 0.0612. The molecule has 0 spiro atoms. The minimum atomic E-state index is -1.41. The summed E-state index contributed by atoms with van der Waals surface area (Å²) < 4.78 is 0. The predicted octanol–water partition coefficient (Wildman–Crippen LogP) is 4.88. The first-order valence-corrected chi connectivity index (χ1v) is 13.1. The predicted molar refractivity (Wildman–Crippen MR) is 112 cm³/mol. The van der Waals surface area contributed by atoms with Gasteiger partial charge in [-0.25, -0.2) is 0 Å². The largest absolute Gasteiger partial charge is 0.293 e. The van der Waals surface area contributed by atoms with Crippen molar-refractivity contribution in [2.75, 3.05) is 6.54 Å². The Bertz CT molecular complexity index is 762. The van der Waals surface area contributed by atoms with Gasteiger partial charge in [0, 0.05) is 13.1 Å². The maximum absolute atomic E-state index is 13.3. The van der Waals surface area contributed by atoms with Crippen molar-refractivity contribution in [3.05, 3.63) is 83.1 Å². The molecule has 0 radical (unpaired) electrons. The van der Waals surface area contributed by atoms with E-state index in [4.69, 9.17) is 0 Å². The van der Waals surface area contributed by atoms with E-state index in [1.54, 1.807) is 0 Å². The Labute approximate surface area is 158 Å². The third kappa shape index (κ3) is 5.02. The van der Waals surface area contributed by atoms with Crippen LogP contribution < -0.4 is 0 Å². The zero-order chi connectivity index (χ0) is 18.6. The molecule has 0 N–H and O–H groups in total. The second kappa shape index (κ2) is 8.15. The van der Waals surface area contributed by atoms with E-state index in [1.165, 1.54) is 11.1 Å². The molecular weight excluding hydrogens is 334 g/mol. The summed E-state index contributed by atoms with van der Waals surface area (Å²) in [5.74, 6) is 0.332. The highest BCUT2D eigenvalue weighted by molar-refractivity contribution is 6.81. The molecule has 3 rings (SSSR count). The van der Waals surface area contributed by atoms with Gasteiger partial charge in [0.05, 0.1) is 14.1 Å². The van der Waals surface area contributed by atoms with Gasteiger partial charge >= 0.3 is 0 Å². The Morgan fingerprint density at radius 3 is 2.12 bits per heavy atom. The van der Waals surface area contributed by atoms with Crippen molar-refractivity contribution in [3.8, 4) is 0 Å². The lowest BCUT2D eigenvalue weighted by Crippen LogP contribution is -2.48. The molecule has 0 bridgehead atoms. The number of nitrogens with zero attached hydrogens (tertiary/aromatic N) is 1. The van der Waals surface area contributed by atoms with Crippen LogP contribution in [-0.2, 0) is 17.8 Å². The molecule has 2 aromatic carbocycles. The summed E-state index contributed by atoms with van der Waals surface area (Å²) in [6.07, 6.45) is 1.66. The Hall–Kier alpha value is -1.97. The van der Waals surface area contributed by atoms with Crippen molar-refractivity contribution in [3.63, 3.8) is 0 Å². The average Bonchev–Trinajstić information content (AvgIpc) is 2.61. The molecule has 0 unspecified atom stereocenters. The summed E-state index contributed by atoms with van der Waals surface area (Å²) >= 11 is 0. The van der Waals surface area contributed by atoms with Crippen LogP contribution in [0.4, 0.5) is 0 Å². The highest BCUT2D eigenvalue weighted by Crippen LogP contribution is 2.25. The van der Waals surface area contributed by atoms with Crippen LogP contribution in [0.5, 0.6) is 0 Å². The monoisotopic (exact) mass is 363 g/mol. The maximum atomic E-state index is 13.3. The maximum Gasteiger partial charge on any atom is 0.175 e. The zero-order valence-electron chi connectivity index (χ0n) is 16.1. The standard InChI is InChI=1S/C23H29NOSi/c1-26(2,3)18-21-14-15-24(17-20-12-8-5-9-13-20)22(23(21)25)16-19-10-6-4-7-11-19/h4-13,18,22H,14-17H2,1-3H3/b21-18+/t22-/m0/s1. The van der Waals surface area contributed by atoms with Crippen LogP contribution in [0.25, 0.3) is 0 Å². The average molecular weight is 364 g/mol. The summed E-state index contributed by atoms with van der Waals surface area (Å²) in [6.45, 7) is 8.69. The number of Topliss-reactive ketones (excluding diaryl/α,β-unsaturated/α-hetero) is 1. The van der Waals surface area contributed by atoms with Crippen molar-refractivity contribution in [2.24, 2.45) is 0 Å². The fraction of sp³-hybridized carbons (Fsp3) is 0.348. The SMILES string of the molecule is C[Si](C)(C)/C=C1\CCN(Cc2ccccc2)[C@@H](Cc2ccccc2)C1=O. The number of carbonyl (C=O) groups excluding carboxylic acids is 1. The van der Waals surface area contributed by atoms with Gasteiger partial charge in [0.25, 0.3) is 0 Å². The highest BCUT2D eigenvalue weighted by Gasteiger charge is 2.33. The minimum Gasteiger partial charge on any atom is -0.293 e. The van der Waals surface area contributed by atoms with E-state index < -0.39 is 8.07 Å². The van der Waals surface area contributed by atoms with Crippen molar-refractivity contribution in [1.29, 1.82) is 0 Å². The molecule has 3 heteroatoms. The van der Waals surface area contributed by atoms with E-state index in [0.29, 0.717) is 5.78 Å². The fourth-order valence-corrected chi connectivity index (χ4v) is 4.99. The number of carbonyl (C=O) groups is 1. The normalized spacial score (nSPS) is 20.5. The van der Waals surface area contributed by atoms with Gasteiger partial charge in [0.2, 0.25) is 0 Å². The molecule has 1 heterocycles. The molecule has 0 aliphatic carbocycles. The third-order valence-electron chi connectivity index (χ3n) is 4.84. The van der Waals surface area contributed by atoms with Gasteiger partial charge in [-0.3, -0.25) is 9.69 Å². The summed E-state index contributed by atoms with van der Waals surface area (Å²) in [6, 6.07) is 20.8. The smallest absolute Gasteiger partial charge is 0.175 e. The van der Waals surface area contributed by atoms with Crippen LogP contribution in [0, 0.1) is 0 Å². The molecule has 0 saturated carbocycles. The summed E-state index contributed by atoms with van der Waals surface area (Å²) in [7, 11) is -1.41. The van der Waals surface area contributed by atoms with Gasteiger partial charge < -0.3 is 0 Å². The van der Waals surface area contributed by atoms with Gasteiger partial charge in [-0.2, -0.15) is 0 Å². The molecule has 0 aromatic heterocycles. The van der Waals surface area contributed by atoms with E-state index in [-0.39, 0.29) is 6.04 Å². The number of ketones is 1. The molecule has 2 nitrogen and oxygen atoms in total. The number of piperidine rings is 1. The fourth-order valence-electron chi connectivity index (χ4n) is 3.66. The third-order valence-corrected chi connectivity index (χ3v) is 6.05. The van der Waals surface area contributed by atoms with Gasteiger partial charge in [-0.05, 0) is 29.5 Å². The summed E-state index contributed by atoms with van der Waals surface area (Å²) in [5.41, 5.74) is 5.89. The van der Waals surface area contributed by atoms with E-state index in [1.807, 2.05) is 12.1 Å². The van der Waals surface area contributed by atoms with Crippen molar-refractivity contribution in [2.45, 2.75) is 45.1 Å². The first-order chi connectivity index (χ1) is 12.4. The molecule has 0 amide bonds. The van der Waals surface area contributed by atoms with Crippen molar-refractivity contribution < 1.29 is 4.79 Å². The molecule has 1 fully saturated rings. The Morgan fingerprint density at radius 2 is 1.54 bits per heavy atom. The van der Waals surface area contributed by atoms with E-state index in [0.717, 1.165) is 31.5 Å². The molecule has 136 valence electrons. The molecule has 26 heavy (non-hydrogen) atoms. The lowest BCUT2D eigenvalue weighted by molar-refractivity contribution is -0.122. The number of hydrogen-bond donors (Lipinski definition) is 0. The zero-order valence-corrected chi connectivity index (χ0v) is 17.1. The molecule has 1 aliphatic rings. The lowest BCUT2D eigenvalue weighted by atomic mass is 9.91. The second-order valence-corrected chi connectivity index (χ2v) is 13.3. The molecule has 1 saturated heterocycles. The molecule has 1 aliphatic heterocycles. The number of hydrogen-bond acceptors (Lipinski definition) is 2. The van der Waals surface area contributed by atoms with Crippen molar-refractivity contribution in [1.82, 2.24) is 4.90 Å². The van der Waals surface area contributed by atoms with Crippen molar-refractivity contribution >= 4 is 13.9 Å². The van der Waals surface area contributed by atoms with Crippen LogP contribution in [-0.4, -0.2) is 31.3 Å². The highest BCUT2D eigenvalue weighted by atomic mass is 28.3. The van der Waals surface area contributed by atoms with Gasteiger partial charge in [0.15, 0.2) is 5.78 Å². The first-order valence-electron chi connectivity index (χ1n) is 9.50. The Kier molecular flexibility index (Phi) is 5.89. The molecule has 1 atom stereocenters. The van der Waals surface area contributed by atoms with E-state index in [2.05, 4.69) is 78.8 Å². The summed E-state index contributed by atoms with van der Waals surface area (Å²) in [4.78, 5) is 15.7. The number of benzene rings is 2. The van der Waals surface area contributed by atoms with Crippen LogP contribution in [0.15, 0.2) is 71.9 Å². The Morgan fingerprint density at radius 1 is 0.962 bits per heavy atom. The molecular formula is C23H29NOSi. The topological polar surface area (TPSA) is 20.3 Å². The number of likely N-dealkylation sites (tertiary alicyclic amines) is 1. The molecule has 2 aromatic rings. The Balaban J connectivity index is 1.86. The van der Waals surface area contributed by atoms with Crippen LogP contribution in [0.2, 0.25) is 19.6 Å². The number of rotatable bonds is 5. The van der Waals surface area contributed by atoms with Crippen LogP contribution in [0.3, 0.4) is 0 Å². The first kappa shape index (κ1) is 18.8. The lowest BCUT2D eigenvalue weighted by Gasteiger charge is -2.36. The quantitative estimate of drug-likeness (QED) is 0.557. The van der Waals surface area contributed by atoms with E-state index >= 15 is 0 Å². The van der Waals surface area contributed by atoms with Gasteiger partial charge in [0.1, 0.15) is 0 Å². The summed E-state index contributed by atoms with van der Waals surface area (Å²) in [5, 5.41) is 0.